The van der Waals surface area contributed by atoms with E-state index in [1.165, 1.54) is 0 Å². The molecule has 0 unspecified atom stereocenters. The van der Waals surface area contributed by atoms with Gasteiger partial charge in [-0.3, -0.25) is 0 Å². The molecule has 0 aliphatic heterocycles. The molecular weight excluding hydrogens is 516 g/mol. The highest BCUT2D eigenvalue weighted by molar-refractivity contribution is 5.94. The Bertz CT molecular complexity index is 1630. The van der Waals surface area contributed by atoms with Gasteiger partial charge in [-0.25, -0.2) is 0 Å². The molecule has 0 aliphatic rings. The largest absolute Gasteiger partial charge is 0.497 e. The fourth-order valence-electron chi connectivity index (χ4n) is 5.11. The van der Waals surface area contributed by atoms with Gasteiger partial charge in [0.05, 0.1) is 14.2 Å². The van der Waals surface area contributed by atoms with Crippen molar-refractivity contribution in [3.8, 4) is 44.9 Å². The zero-order valence-electron chi connectivity index (χ0n) is 23.7. The Hall–Kier alpha value is -5.48. The second-order valence-electron chi connectivity index (χ2n) is 9.96. The average molecular weight is 549 g/mol. The second-order valence-corrected chi connectivity index (χ2v) is 9.96. The number of benzene rings is 6. The summed E-state index contributed by atoms with van der Waals surface area (Å²) in [5, 5.41) is 7.12. The SMILES string of the molecule is COc1ccc(-c2cc(Nc3ccccc3)ccc2-c2ccc(Nc3ccccc3)cc2-c2ccc(OC)cc2)cc1. The van der Waals surface area contributed by atoms with E-state index in [1.807, 2.05) is 60.7 Å². The van der Waals surface area contributed by atoms with E-state index in [0.29, 0.717) is 0 Å². The van der Waals surface area contributed by atoms with Crippen molar-refractivity contribution in [3.05, 3.63) is 146 Å². The number of nitrogens with one attached hydrogen (secondary N) is 2. The zero-order valence-corrected chi connectivity index (χ0v) is 23.7. The first-order valence-electron chi connectivity index (χ1n) is 13.9. The first-order chi connectivity index (χ1) is 20.7. The van der Waals surface area contributed by atoms with Crippen molar-refractivity contribution < 1.29 is 9.47 Å². The van der Waals surface area contributed by atoms with E-state index in [1.54, 1.807) is 14.2 Å². The van der Waals surface area contributed by atoms with Gasteiger partial charge in [0.1, 0.15) is 11.5 Å². The van der Waals surface area contributed by atoms with Gasteiger partial charge in [-0.2, -0.15) is 0 Å². The standard InChI is InChI=1S/C38H32N2O2/c1-41-33-19-13-27(14-20-33)37-25-31(39-29-9-5-3-6-10-29)17-23-35(37)36-24-18-32(40-30-11-7-4-8-12-30)26-38(36)28-15-21-34(42-2)22-16-28/h3-26,39-40H,1-2H3. The minimum absolute atomic E-state index is 0.828. The lowest BCUT2D eigenvalue weighted by Crippen LogP contribution is -1.96. The highest BCUT2D eigenvalue weighted by Crippen LogP contribution is 2.42. The van der Waals surface area contributed by atoms with Gasteiger partial charge in [0, 0.05) is 22.7 Å². The fourth-order valence-corrected chi connectivity index (χ4v) is 5.11. The molecule has 6 rings (SSSR count). The van der Waals surface area contributed by atoms with Gasteiger partial charge >= 0.3 is 0 Å². The van der Waals surface area contributed by atoms with Gasteiger partial charge in [0.2, 0.25) is 0 Å². The van der Waals surface area contributed by atoms with Crippen LogP contribution in [-0.2, 0) is 0 Å². The topological polar surface area (TPSA) is 42.5 Å². The van der Waals surface area contributed by atoms with Crippen molar-refractivity contribution in [2.45, 2.75) is 0 Å². The molecule has 42 heavy (non-hydrogen) atoms. The van der Waals surface area contributed by atoms with Crippen LogP contribution in [0.2, 0.25) is 0 Å². The molecule has 0 aliphatic carbocycles. The first kappa shape index (κ1) is 26.7. The van der Waals surface area contributed by atoms with Crippen LogP contribution in [0.15, 0.2) is 146 Å². The Kier molecular flexibility index (Phi) is 7.87. The first-order valence-corrected chi connectivity index (χ1v) is 13.9. The minimum Gasteiger partial charge on any atom is -0.497 e. The number of para-hydroxylation sites is 2. The molecule has 0 saturated heterocycles. The number of hydrogen-bond acceptors (Lipinski definition) is 4. The predicted octanol–water partition coefficient (Wildman–Crippen LogP) is 10.2. The molecule has 0 fully saturated rings. The Labute approximate surface area is 247 Å². The second kappa shape index (κ2) is 12.4. The van der Waals surface area contributed by atoms with Crippen LogP contribution >= 0.6 is 0 Å². The monoisotopic (exact) mass is 548 g/mol. The average Bonchev–Trinajstić information content (AvgIpc) is 3.06. The number of hydrogen-bond donors (Lipinski definition) is 2. The van der Waals surface area contributed by atoms with Crippen LogP contribution in [0.3, 0.4) is 0 Å². The molecule has 6 aromatic carbocycles. The Balaban J connectivity index is 1.50. The maximum atomic E-state index is 5.45. The van der Waals surface area contributed by atoms with Crippen molar-refractivity contribution >= 4 is 22.7 Å². The summed E-state index contributed by atoms with van der Waals surface area (Å²) in [5.74, 6) is 1.66. The van der Waals surface area contributed by atoms with Crippen LogP contribution in [0.5, 0.6) is 11.5 Å². The molecule has 0 saturated carbocycles. The fraction of sp³-hybridized carbons (Fsp3) is 0.0526. The van der Waals surface area contributed by atoms with Crippen LogP contribution in [-0.4, -0.2) is 14.2 Å². The summed E-state index contributed by atoms with van der Waals surface area (Å²) in [6.07, 6.45) is 0. The molecule has 2 N–H and O–H groups in total. The summed E-state index contributed by atoms with van der Waals surface area (Å²) >= 11 is 0. The molecule has 0 bridgehead atoms. The van der Waals surface area contributed by atoms with E-state index in [4.69, 9.17) is 9.47 Å². The van der Waals surface area contributed by atoms with Gasteiger partial charge in [0.25, 0.3) is 0 Å². The molecule has 4 nitrogen and oxygen atoms in total. The molecule has 0 aromatic heterocycles. The third-order valence-electron chi connectivity index (χ3n) is 7.26. The molecular formula is C38H32N2O2. The van der Waals surface area contributed by atoms with E-state index in [0.717, 1.165) is 67.6 Å². The Morgan fingerprint density at radius 1 is 0.357 bits per heavy atom. The van der Waals surface area contributed by atoms with Gasteiger partial charge in [-0.15, -0.1) is 0 Å². The number of anilines is 4. The van der Waals surface area contributed by atoms with Gasteiger partial charge in [0.15, 0.2) is 0 Å². The lowest BCUT2D eigenvalue weighted by atomic mass is 9.88. The maximum absolute atomic E-state index is 5.45. The van der Waals surface area contributed by atoms with E-state index in [9.17, 15) is 0 Å². The summed E-state index contributed by atoms with van der Waals surface area (Å²) in [5.41, 5.74) is 10.8. The summed E-state index contributed by atoms with van der Waals surface area (Å²) in [4.78, 5) is 0. The van der Waals surface area contributed by atoms with Crippen molar-refractivity contribution in [2.24, 2.45) is 0 Å². The lowest BCUT2D eigenvalue weighted by Gasteiger charge is -2.19. The molecule has 0 radical (unpaired) electrons. The van der Waals surface area contributed by atoms with Crippen LogP contribution in [0.25, 0.3) is 33.4 Å². The Morgan fingerprint density at radius 3 is 1.10 bits per heavy atom. The van der Waals surface area contributed by atoms with Crippen LogP contribution < -0.4 is 20.1 Å². The molecule has 206 valence electrons. The third-order valence-corrected chi connectivity index (χ3v) is 7.26. The van der Waals surface area contributed by atoms with Gasteiger partial charge in [-0.1, -0.05) is 72.8 Å². The number of methoxy groups -OCH3 is 2. The summed E-state index contributed by atoms with van der Waals surface area (Å²) in [6.45, 7) is 0. The zero-order chi connectivity index (χ0) is 28.7. The van der Waals surface area contributed by atoms with Crippen LogP contribution in [0.1, 0.15) is 0 Å². The van der Waals surface area contributed by atoms with Gasteiger partial charge in [-0.05, 0) is 106 Å². The van der Waals surface area contributed by atoms with Crippen molar-refractivity contribution in [3.63, 3.8) is 0 Å². The Morgan fingerprint density at radius 2 is 0.738 bits per heavy atom. The van der Waals surface area contributed by atoms with Gasteiger partial charge < -0.3 is 20.1 Å². The highest BCUT2D eigenvalue weighted by atomic mass is 16.5. The molecule has 0 atom stereocenters. The lowest BCUT2D eigenvalue weighted by molar-refractivity contribution is 0.415. The minimum atomic E-state index is 0.828. The maximum Gasteiger partial charge on any atom is 0.118 e. The van der Waals surface area contributed by atoms with E-state index in [2.05, 4.69) is 95.6 Å². The smallest absolute Gasteiger partial charge is 0.118 e. The summed E-state index contributed by atoms with van der Waals surface area (Å²) in [7, 11) is 3.38. The van der Waals surface area contributed by atoms with E-state index < -0.39 is 0 Å². The molecule has 4 heteroatoms. The summed E-state index contributed by atoms with van der Waals surface area (Å²) in [6, 6.07) is 50.1. The van der Waals surface area contributed by atoms with Crippen LogP contribution in [0, 0.1) is 0 Å². The van der Waals surface area contributed by atoms with E-state index >= 15 is 0 Å². The van der Waals surface area contributed by atoms with Crippen molar-refractivity contribution in [2.75, 3.05) is 24.9 Å². The number of ether oxygens (including phenoxy) is 2. The normalized spacial score (nSPS) is 10.6. The van der Waals surface area contributed by atoms with Crippen LogP contribution in [0.4, 0.5) is 22.7 Å². The van der Waals surface area contributed by atoms with Crippen molar-refractivity contribution in [1.29, 1.82) is 0 Å². The van der Waals surface area contributed by atoms with Crippen molar-refractivity contribution in [1.82, 2.24) is 0 Å². The summed E-state index contributed by atoms with van der Waals surface area (Å²) < 4.78 is 10.9. The number of rotatable bonds is 9. The quantitative estimate of drug-likeness (QED) is 0.189. The third kappa shape index (κ3) is 5.98. The molecule has 0 spiro atoms. The molecule has 0 heterocycles. The predicted molar refractivity (Wildman–Crippen MR) is 175 cm³/mol. The van der Waals surface area contributed by atoms with E-state index in [-0.39, 0.29) is 0 Å². The highest BCUT2D eigenvalue weighted by Gasteiger charge is 2.15. The molecule has 0 amide bonds. The molecule has 6 aromatic rings.